The van der Waals surface area contributed by atoms with Crippen LogP contribution >= 0.6 is 0 Å². The van der Waals surface area contributed by atoms with Crippen LogP contribution in [0, 0.1) is 17.0 Å². The van der Waals surface area contributed by atoms with Gasteiger partial charge in [0.05, 0.1) is 22.9 Å². The maximum Gasteiger partial charge on any atom is 0.269 e. The highest BCUT2D eigenvalue weighted by Gasteiger charge is 2.14. The second kappa shape index (κ2) is 6.19. The zero-order chi connectivity index (χ0) is 15.4. The average molecular weight is 290 g/mol. The number of hydrogen-bond donors (Lipinski definition) is 2. The summed E-state index contributed by atoms with van der Waals surface area (Å²) in [4.78, 5) is 21.9. The highest BCUT2D eigenvalue weighted by atomic mass is 16.6. The van der Waals surface area contributed by atoms with Gasteiger partial charge in [-0.1, -0.05) is 0 Å². The van der Waals surface area contributed by atoms with Crippen molar-refractivity contribution in [1.29, 1.82) is 0 Å². The van der Waals surface area contributed by atoms with Gasteiger partial charge in [-0.3, -0.25) is 14.9 Å². The summed E-state index contributed by atoms with van der Waals surface area (Å²) in [5.41, 5.74) is 0.847. The number of benzene rings is 1. The quantitative estimate of drug-likeness (QED) is 0.646. The molecule has 0 radical (unpaired) electrons. The van der Waals surface area contributed by atoms with E-state index in [1.165, 1.54) is 30.5 Å². The Morgan fingerprint density at radius 1 is 1.38 bits per heavy atom. The maximum absolute atomic E-state index is 11.8. The van der Waals surface area contributed by atoms with Crippen molar-refractivity contribution < 1.29 is 19.2 Å². The largest absolute Gasteiger partial charge is 0.469 e. The van der Waals surface area contributed by atoms with Gasteiger partial charge in [0.2, 0.25) is 0 Å². The summed E-state index contributed by atoms with van der Waals surface area (Å²) >= 11 is 0. The number of nitrogens with zero attached hydrogens (tertiary/aromatic N) is 1. The van der Waals surface area contributed by atoms with Gasteiger partial charge in [-0.05, 0) is 30.7 Å². The monoisotopic (exact) mass is 290 g/mol. The number of furan rings is 1. The SMILES string of the molecule is Cc1occc1C(=O)NC[C@@H](O)c1ccc([N+](=O)[O-])cc1. The van der Waals surface area contributed by atoms with Gasteiger partial charge >= 0.3 is 0 Å². The van der Waals surface area contributed by atoms with Gasteiger partial charge < -0.3 is 14.8 Å². The highest BCUT2D eigenvalue weighted by Crippen LogP contribution is 2.17. The van der Waals surface area contributed by atoms with Crippen LogP contribution in [0.3, 0.4) is 0 Å². The fourth-order valence-corrected chi connectivity index (χ4v) is 1.84. The predicted octanol–water partition coefficient (Wildman–Crippen LogP) is 1.96. The van der Waals surface area contributed by atoms with E-state index >= 15 is 0 Å². The first-order valence-electron chi connectivity index (χ1n) is 6.23. The normalized spacial score (nSPS) is 11.9. The van der Waals surface area contributed by atoms with E-state index in [-0.39, 0.29) is 18.1 Å². The molecule has 2 aromatic rings. The third-order valence-electron chi connectivity index (χ3n) is 3.05. The molecule has 0 aliphatic rings. The van der Waals surface area contributed by atoms with E-state index < -0.39 is 11.0 Å². The minimum absolute atomic E-state index is 0.00125. The minimum Gasteiger partial charge on any atom is -0.469 e. The number of aliphatic hydroxyl groups is 1. The van der Waals surface area contributed by atoms with Crippen LogP contribution in [0.1, 0.15) is 27.8 Å². The molecule has 2 N–H and O–H groups in total. The van der Waals surface area contributed by atoms with Gasteiger partial charge in [-0.25, -0.2) is 0 Å². The number of carbonyl (C=O) groups is 1. The summed E-state index contributed by atoms with van der Waals surface area (Å²) in [6.07, 6.45) is 0.471. The fraction of sp³-hybridized carbons (Fsp3) is 0.214. The number of hydrogen-bond acceptors (Lipinski definition) is 5. The first-order chi connectivity index (χ1) is 9.99. The molecule has 1 aromatic carbocycles. The van der Waals surface area contributed by atoms with E-state index in [1.807, 2.05) is 0 Å². The zero-order valence-electron chi connectivity index (χ0n) is 11.3. The maximum atomic E-state index is 11.8. The Kier molecular flexibility index (Phi) is 4.34. The van der Waals surface area contributed by atoms with Gasteiger partial charge in [0.25, 0.3) is 11.6 Å². The van der Waals surface area contributed by atoms with E-state index in [9.17, 15) is 20.0 Å². The van der Waals surface area contributed by atoms with Crippen LogP contribution in [0.2, 0.25) is 0 Å². The Balaban J connectivity index is 1.95. The van der Waals surface area contributed by atoms with Crippen LogP contribution in [-0.4, -0.2) is 22.5 Å². The van der Waals surface area contributed by atoms with E-state index in [2.05, 4.69) is 5.32 Å². The van der Waals surface area contributed by atoms with Crippen molar-refractivity contribution in [3.63, 3.8) is 0 Å². The van der Waals surface area contributed by atoms with Gasteiger partial charge in [-0.2, -0.15) is 0 Å². The molecule has 0 fully saturated rings. The molecule has 2 rings (SSSR count). The number of amides is 1. The Bertz CT molecular complexity index is 648. The molecule has 1 atom stereocenters. The number of nitro groups is 1. The van der Waals surface area contributed by atoms with E-state index in [0.29, 0.717) is 16.9 Å². The lowest BCUT2D eigenvalue weighted by Gasteiger charge is -2.11. The molecule has 0 saturated carbocycles. The molecule has 0 spiro atoms. The number of non-ortho nitro benzene ring substituents is 1. The molecule has 1 heterocycles. The molecule has 7 nitrogen and oxygen atoms in total. The number of nitro benzene ring substituents is 1. The number of nitrogens with one attached hydrogen (secondary N) is 1. The van der Waals surface area contributed by atoms with Crippen molar-refractivity contribution in [1.82, 2.24) is 5.32 Å². The molecule has 1 amide bonds. The van der Waals surface area contributed by atoms with Gasteiger partial charge in [0.15, 0.2) is 0 Å². The molecule has 1 aromatic heterocycles. The first kappa shape index (κ1) is 14.7. The third kappa shape index (κ3) is 3.46. The van der Waals surface area contributed by atoms with Crippen molar-refractivity contribution in [2.24, 2.45) is 0 Å². The molecule has 0 saturated heterocycles. The number of aryl methyl sites for hydroxylation is 1. The summed E-state index contributed by atoms with van der Waals surface area (Å²) in [7, 11) is 0. The predicted molar refractivity (Wildman–Crippen MR) is 73.8 cm³/mol. The Morgan fingerprint density at radius 2 is 2.05 bits per heavy atom. The van der Waals surface area contributed by atoms with Crippen molar-refractivity contribution in [3.8, 4) is 0 Å². The van der Waals surface area contributed by atoms with E-state index in [0.717, 1.165) is 0 Å². The van der Waals surface area contributed by atoms with E-state index in [4.69, 9.17) is 4.42 Å². The molecular weight excluding hydrogens is 276 g/mol. The molecular formula is C14H14N2O5. The Morgan fingerprint density at radius 3 is 2.57 bits per heavy atom. The number of carbonyl (C=O) groups excluding carboxylic acids is 1. The second-order valence-corrected chi connectivity index (χ2v) is 4.46. The standard InChI is InChI=1S/C14H14N2O5/c1-9-12(6-7-21-9)14(18)15-8-13(17)10-2-4-11(5-3-10)16(19)20/h2-7,13,17H,8H2,1H3,(H,15,18)/t13-/m1/s1. The van der Waals surface area contributed by atoms with Crippen molar-refractivity contribution in [2.45, 2.75) is 13.0 Å². The summed E-state index contributed by atoms with van der Waals surface area (Å²) in [6, 6.07) is 7.07. The first-order valence-corrected chi connectivity index (χ1v) is 6.23. The van der Waals surface area contributed by atoms with Crippen LogP contribution in [0.15, 0.2) is 41.0 Å². The van der Waals surface area contributed by atoms with Gasteiger partial charge in [0, 0.05) is 18.7 Å². The van der Waals surface area contributed by atoms with Crippen LogP contribution in [0.5, 0.6) is 0 Å². The minimum atomic E-state index is -0.943. The van der Waals surface area contributed by atoms with Crippen molar-refractivity contribution in [2.75, 3.05) is 6.54 Å². The summed E-state index contributed by atoms with van der Waals surface area (Å²) in [5, 5.41) is 23.1. The lowest BCUT2D eigenvalue weighted by Crippen LogP contribution is -2.28. The molecule has 0 bridgehead atoms. The Labute approximate surface area is 120 Å². The molecule has 0 unspecified atom stereocenters. The lowest BCUT2D eigenvalue weighted by atomic mass is 10.1. The summed E-state index contributed by atoms with van der Waals surface area (Å²) in [6.45, 7) is 1.67. The second-order valence-electron chi connectivity index (χ2n) is 4.46. The van der Waals surface area contributed by atoms with Crippen LogP contribution < -0.4 is 5.32 Å². The highest BCUT2D eigenvalue weighted by molar-refractivity contribution is 5.95. The van der Waals surface area contributed by atoms with Crippen LogP contribution in [-0.2, 0) is 0 Å². The van der Waals surface area contributed by atoms with Gasteiger partial charge in [-0.15, -0.1) is 0 Å². The smallest absolute Gasteiger partial charge is 0.269 e. The summed E-state index contributed by atoms with van der Waals surface area (Å²) < 4.78 is 5.03. The molecule has 0 aliphatic carbocycles. The average Bonchev–Trinajstić information content (AvgIpc) is 2.90. The third-order valence-corrected chi connectivity index (χ3v) is 3.05. The van der Waals surface area contributed by atoms with Crippen molar-refractivity contribution in [3.05, 3.63) is 63.6 Å². The fourth-order valence-electron chi connectivity index (χ4n) is 1.84. The topological polar surface area (TPSA) is 106 Å². The Hall–Kier alpha value is -2.67. The number of aliphatic hydroxyl groups excluding tert-OH is 1. The molecule has 21 heavy (non-hydrogen) atoms. The molecule has 110 valence electrons. The molecule has 0 aliphatic heterocycles. The lowest BCUT2D eigenvalue weighted by molar-refractivity contribution is -0.384. The zero-order valence-corrected chi connectivity index (χ0v) is 11.3. The number of rotatable bonds is 5. The van der Waals surface area contributed by atoms with Crippen LogP contribution in [0.25, 0.3) is 0 Å². The van der Waals surface area contributed by atoms with E-state index in [1.54, 1.807) is 13.0 Å². The van der Waals surface area contributed by atoms with Crippen molar-refractivity contribution >= 4 is 11.6 Å². The molecule has 7 heteroatoms. The van der Waals surface area contributed by atoms with Gasteiger partial charge in [0.1, 0.15) is 5.76 Å². The summed E-state index contributed by atoms with van der Waals surface area (Å²) in [5.74, 6) is 0.152. The van der Waals surface area contributed by atoms with Crippen LogP contribution in [0.4, 0.5) is 5.69 Å².